The second-order valence-corrected chi connectivity index (χ2v) is 5.26. The first kappa shape index (κ1) is 15.1. The highest BCUT2D eigenvalue weighted by molar-refractivity contribution is 6.15. The Bertz CT molecular complexity index is 893. The van der Waals surface area contributed by atoms with Crippen molar-refractivity contribution >= 4 is 23.6 Å². The maximum Gasteiger partial charge on any atom is 0.277 e. The zero-order chi connectivity index (χ0) is 16.4. The van der Waals surface area contributed by atoms with Gasteiger partial charge in [0.15, 0.2) is 0 Å². The first-order valence-electron chi connectivity index (χ1n) is 6.99. The predicted octanol–water partition coefficient (Wildman–Crippen LogP) is 0.610. The third-order valence-electron chi connectivity index (χ3n) is 3.66. The van der Waals surface area contributed by atoms with Crippen LogP contribution in [0.15, 0.2) is 48.5 Å². The monoisotopic (exact) mass is 310 g/mol. The molecule has 0 radical (unpaired) electrons. The summed E-state index contributed by atoms with van der Waals surface area (Å²) in [5.74, 6) is -0.518. The molecule has 3 rings (SSSR count). The van der Waals surface area contributed by atoms with E-state index in [2.05, 4.69) is 0 Å². The number of ether oxygens (including phenoxy) is 1. The minimum atomic E-state index is -1.63. The van der Waals surface area contributed by atoms with Crippen molar-refractivity contribution in [3.63, 3.8) is 0 Å². The van der Waals surface area contributed by atoms with Gasteiger partial charge in [0, 0.05) is 12.1 Å². The molecular weight excluding hydrogens is 296 g/mol. The summed E-state index contributed by atoms with van der Waals surface area (Å²) >= 11 is 0. The molecule has 2 aromatic carbocycles. The fourth-order valence-corrected chi connectivity index (χ4v) is 2.45. The molecule has 23 heavy (non-hydrogen) atoms. The number of nitrogens with two attached hydrogens (primary N) is 1. The summed E-state index contributed by atoms with van der Waals surface area (Å²) in [5, 5.41) is 11.8. The van der Waals surface area contributed by atoms with E-state index in [1.165, 1.54) is 18.2 Å². The van der Waals surface area contributed by atoms with Crippen LogP contribution in [0.1, 0.15) is 5.56 Å². The van der Waals surface area contributed by atoms with Gasteiger partial charge in [-0.15, -0.1) is 0 Å². The van der Waals surface area contributed by atoms with Crippen LogP contribution in [-0.4, -0.2) is 16.4 Å². The first-order valence-corrected chi connectivity index (χ1v) is 6.99. The average molecular weight is 310 g/mol. The van der Waals surface area contributed by atoms with E-state index < -0.39 is 16.4 Å². The minimum absolute atomic E-state index is 0.128. The highest BCUT2D eigenvalue weighted by Gasteiger charge is 2.34. The number of rotatable bonds is 4. The molecule has 2 aromatic rings. The maximum atomic E-state index is 12.3. The highest BCUT2D eigenvalue weighted by Crippen LogP contribution is 2.15. The second kappa shape index (κ2) is 5.75. The van der Waals surface area contributed by atoms with E-state index in [1.807, 2.05) is 30.3 Å². The van der Waals surface area contributed by atoms with Crippen molar-refractivity contribution in [1.82, 2.24) is 0 Å². The highest BCUT2D eigenvalue weighted by atomic mass is 16.6. The van der Waals surface area contributed by atoms with E-state index in [-0.39, 0.29) is 17.5 Å². The van der Waals surface area contributed by atoms with Gasteiger partial charge in [0.05, 0.1) is 16.7 Å². The van der Waals surface area contributed by atoms with Crippen molar-refractivity contribution < 1.29 is 14.5 Å². The molecule has 0 aromatic heterocycles. The average Bonchev–Trinajstić information content (AvgIpc) is 2.54. The number of ketones is 1. The maximum absolute atomic E-state index is 12.3. The van der Waals surface area contributed by atoms with Crippen LogP contribution in [0, 0.1) is 10.1 Å². The smallest absolute Gasteiger partial charge is 0.277 e. The van der Waals surface area contributed by atoms with Crippen LogP contribution in [0.3, 0.4) is 0 Å². The molecule has 0 heterocycles. The topological polar surface area (TPSA) is 95.5 Å². The van der Waals surface area contributed by atoms with Gasteiger partial charge >= 0.3 is 0 Å². The molecule has 2 N–H and O–H groups in total. The Labute approximate surface area is 131 Å². The Morgan fingerprint density at radius 1 is 1.13 bits per heavy atom. The van der Waals surface area contributed by atoms with Gasteiger partial charge in [-0.2, -0.15) is 0 Å². The van der Waals surface area contributed by atoms with Crippen LogP contribution in [0.2, 0.25) is 0 Å². The number of fused-ring (bicyclic) bond motifs is 1. The Kier molecular flexibility index (Phi) is 3.77. The number of nitrogens with zero attached hydrogens (tertiary/aromatic N) is 1. The zero-order valence-corrected chi connectivity index (χ0v) is 12.1. The SMILES string of the molecule is NC1(OCc2ccccc2)C=c2cccc([N+](=O)[O-])c2=CC1=O. The molecule has 0 amide bonds. The van der Waals surface area contributed by atoms with Crippen LogP contribution in [-0.2, 0) is 16.1 Å². The first-order chi connectivity index (χ1) is 11.0. The van der Waals surface area contributed by atoms with Crippen molar-refractivity contribution in [2.24, 2.45) is 5.73 Å². The fourth-order valence-electron chi connectivity index (χ4n) is 2.45. The summed E-state index contributed by atoms with van der Waals surface area (Å²) in [4.78, 5) is 22.8. The molecule has 0 saturated carbocycles. The van der Waals surface area contributed by atoms with E-state index >= 15 is 0 Å². The Hall–Kier alpha value is -2.83. The summed E-state index contributed by atoms with van der Waals surface area (Å²) in [5.41, 5.74) is 5.19. The van der Waals surface area contributed by atoms with Crippen LogP contribution in [0.25, 0.3) is 12.2 Å². The summed E-state index contributed by atoms with van der Waals surface area (Å²) in [7, 11) is 0. The zero-order valence-electron chi connectivity index (χ0n) is 12.1. The molecule has 1 aliphatic rings. The van der Waals surface area contributed by atoms with Gasteiger partial charge in [0.2, 0.25) is 11.5 Å². The van der Waals surface area contributed by atoms with Crippen molar-refractivity contribution in [1.29, 1.82) is 0 Å². The van der Waals surface area contributed by atoms with Gasteiger partial charge in [0.1, 0.15) is 0 Å². The van der Waals surface area contributed by atoms with Gasteiger partial charge in [-0.3, -0.25) is 20.6 Å². The molecule has 116 valence electrons. The number of hydrogen-bond acceptors (Lipinski definition) is 5. The van der Waals surface area contributed by atoms with Gasteiger partial charge in [-0.05, 0) is 16.9 Å². The lowest BCUT2D eigenvalue weighted by atomic mass is 9.98. The van der Waals surface area contributed by atoms with Gasteiger partial charge in [-0.25, -0.2) is 0 Å². The van der Waals surface area contributed by atoms with Crippen LogP contribution < -0.4 is 16.2 Å². The number of Topliss-reactive ketones (excluding diaryl/α,β-unsaturated/α-hetero) is 1. The van der Waals surface area contributed by atoms with Crippen molar-refractivity contribution in [3.05, 3.63) is 74.6 Å². The molecule has 6 heteroatoms. The van der Waals surface area contributed by atoms with E-state index in [4.69, 9.17) is 10.5 Å². The molecule has 0 aliphatic heterocycles. The third kappa shape index (κ3) is 2.90. The molecule has 6 nitrogen and oxygen atoms in total. The number of nitro benzene ring substituents is 1. The summed E-state index contributed by atoms with van der Waals surface area (Å²) in [6, 6.07) is 13.9. The van der Waals surface area contributed by atoms with Gasteiger partial charge < -0.3 is 4.74 Å². The molecule has 0 spiro atoms. The van der Waals surface area contributed by atoms with Crippen LogP contribution in [0.5, 0.6) is 0 Å². The number of non-ortho nitro benzene ring substituents is 1. The molecular formula is C17H14N2O4. The predicted molar refractivity (Wildman–Crippen MR) is 84.4 cm³/mol. The van der Waals surface area contributed by atoms with Crippen molar-refractivity contribution in [3.8, 4) is 0 Å². The standard InChI is InChI=1S/C17H14N2O4/c18-17(23-11-12-5-2-1-3-6-12)10-13-7-4-8-15(19(21)22)14(13)9-16(17)20/h1-10H,11,18H2. The number of carbonyl (C=O) groups excluding carboxylic acids is 1. The van der Waals surface area contributed by atoms with Gasteiger partial charge in [0.25, 0.3) is 5.69 Å². The Morgan fingerprint density at radius 2 is 1.87 bits per heavy atom. The van der Waals surface area contributed by atoms with E-state index in [9.17, 15) is 14.9 Å². The summed E-state index contributed by atoms with van der Waals surface area (Å²) < 4.78 is 5.60. The van der Waals surface area contributed by atoms with Crippen LogP contribution >= 0.6 is 0 Å². The molecule has 0 bridgehead atoms. The lowest BCUT2D eigenvalue weighted by molar-refractivity contribution is -0.386. The lowest BCUT2D eigenvalue weighted by Crippen LogP contribution is -2.53. The number of benzene rings is 2. The second-order valence-electron chi connectivity index (χ2n) is 5.26. The summed E-state index contributed by atoms with van der Waals surface area (Å²) in [6.07, 6.45) is 2.61. The van der Waals surface area contributed by atoms with E-state index in [1.54, 1.807) is 12.1 Å². The number of hydrogen-bond donors (Lipinski definition) is 1. The van der Waals surface area contributed by atoms with Crippen LogP contribution in [0.4, 0.5) is 5.69 Å². The van der Waals surface area contributed by atoms with Gasteiger partial charge in [-0.1, -0.05) is 42.5 Å². The van der Waals surface area contributed by atoms with Crippen molar-refractivity contribution in [2.75, 3.05) is 0 Å². The molecule has 0 fully saturated rings. The summed E-state index contributed by atoms with van der Waals surface area (Å²) in [6.45, 7) is 0.164. The molecule has 1 atom stereocenters. The Balaban J connectivity index is 1.98. The van der Waals surface area contributed by atoms with Crippen molar-refractivity contribution in [2.45, 2.75) is 12.3 Å². The number of carbonyl (C=O) groups is 1. The molecule has 1 aliphatic carbocycles. The quantitative estimate of drug-likeness (QED) is 0.507. The van der Waals surface area contributed by atoms with E-state index in [0.29, 0.717) is 5.22 Å². The molecule has 0 saturated heterocycles. The lowest BCUT2D eigenvalue weighted by Gasteiger charge is -2.25. The largest absolute Gasteiger partial charge is 0.345 e. The molecule has 1 unspecified atom stereocenters. The third-order valence-corrected chi connectivity index (χ3v) is 3.66. The minimum Gasteiger partial charge on any atom is -0.345 e. The Morgan fingerprint density at radius 3 is 2.57 bits per heavy atom. The fraction of sp³-hybridized carbons (Fsp3) is 0.118. The van der Waals surface area contributed by atoms with E-state index in [0.717, 1.165) is 5.56 Å². The number of nitro groups is 1. The normalized spacial score (nSPS) is 19.4.